The Morgan fingerprint density at radius 2 is 1.36 bits per heavy atom. The second kappa shape index (κ2) is 14.6. The van der Waals surface area contributed by atoms with E-state index in [2.05, 4.69) is 40.8 Å². The van der Waals surface area contributed by atoms with Crippen LogP contribution in [0.25, 0.3) is 0 Å². The van der Waals surface area contributed by atoms with Crippen molar-refractivity contribution >= 4 is 8.32 Å². The summed E-state index contributed by atoms with van der Waals surface area (Å²) < 4.78 is 19.6. The van der Waals surface area contributed by atoms with Gasteiger partial charge in [-0.15, -0.1) is 0 Å². The molecule has 2 saturated heterocycles. The highest BCUT2D eigenvalue weighted by molar-refractivity contribution is 6.74. The summed E-state index contributed by atoms with van der Waals surface area (Å²) in [5.41, 5.74) is 0. The van der Waals surface area contributed by atoms with Crippen LogP contribution in [0.2, 0.25) is 18.1 Å². The Morgan fingerprint density at radius 1 is 0.818 bits per heavy atom. The summed E-state index contributed by atoms with van der Waals surface area (Å²) in [6, 6.07) is 0. The molecule has 0 aromatic rings. The molecule has 0 bridgehead atoms. The molecule has 2 heterocycles. The van der Waals surface area contributed by atoms with E-state index in [1.807, 2.05) is 0 Å². The van der Waals surface area contributed by atoms with Crippen molar-refractivity contribution in [2.45, 2.75) is 173 Å². The molecule has 0 amide bonds. The van der Waals surface area contributed by atoms with Crippen molar-refractivity contribution in [2.75, 3.05) is 6.61 Å². The Hall–Kier alpha value is 0.0569. The Bertz CT molecular complexity index is 519. The fraction of sp³-hybridized carbons (Fsp3) is 1.00. The molecule has 5 atom stereocenters. The summed E-state index contributed by atoms with van der Waals surface area (Å²) in [6.07, 6.45) is 19.6. The van der Waals surface area contributed by atoms with Crippen molar-refractivity contribution in [3.63, 3.8) is 0 Å². The van der Waals surface area contributed by atoms with Gasteiger partial charge in [0.25, 0.3) is 0 Å². The molecule has 2 aliphatic rings. The van der Waals surface area contributed by atoms with Crippen molar-refractivity contribution in [3.8, 4) is 0 Å². The quantitative estimate of drug-likeness (QED) is 0.179. The Kier molecular flexibility index (Phi) is 12.9. The van der Waals surface area contributed by atoms with Gasteiger partial charge in [-0.25, -0.2) is 0 Å². The highest BCUT2D eigenvalue weighted by Crippen LogP contribution is 2.40. The van der Waals surface area contributed by atoms with Crippen molar-refractivity contribution in [1.29, 1.82) is 0 Å². The normalized spacial score (nSPS) is 27.4. The average molecular weight is 485 g/mol. The summed E-state index contributed by atoms with van der Waals surface area (Å²) in [5, 5.41) is 9.62. The van der Waals surface area contributed by atoms with Crippen LogP contribution >= 0.6 is 0 Å². The maximum atomic E-state index is 9.41. The minimum Gasteiger partial charge on any atom is -0.411 e. The molecule has 0 radical (unpaired) electrons. The van der Waals surface area contributed by atoms with E-state index in [-0.39, 0.29) is 42.2 Å². The Labute approximate surface area is 206 Å². The maximum absolute atomic E-state index is 9.41. The van der Waals surface area contributed by atoms with E-state index in [0.717, 1.165) is 32.1 Å². The zero-order valence-electron chi connectivity index (χ0n) is 22.9. The van der Waals surface area contributed by atoms with Crippen LogP contribution in [-0.4, -0.2) is 50.6 Å². The van der Waals surface area contributed by atoms with Crippen LogP contribution < -0.4 is 0 Å². The number of aliphatic hydroxyl groups excluding tert-OH is 1. The van der Waals surface area contributed by atoms with Crippen LogP contribution in [0, 0.1) is 0 Å². The third kappa shape index (κ3) is 9.91. The van der Waals surface area contributed by atoms with Gasteiger partial charge in [-0.3, -0.25) is 0 Å². The number of aliphatic hydroxyl groups is 1. The third-order valence-corrected chi connectivity index (χ3v) is 12.9. The summed E-state index contributed by atoms with van der Waals surface area (Å²) in [4.78, 5) is 0. The van der Waals surface area contributed by atoms with Crippen LogP contribution in [0.3, 0.4) is 0 Å². The SMILES string of the molecule is CCCCCCCCCCCC[C@H](O[Si](C)(C)C(C)(C)C)[C@@H]1CC[C@@H]([C@@H]2CC[C@@H](CO)O2)O1. The van der Waals surface area contributed by atoms with Gasteiger partial charge >= 0.3 is 0 Å². The van der Waals surface area contributed by atoms with Gasteiger partial charge in [-0.1, -0.05) is 91.9 Å². The molecular formula is C28H56O4Si. The van der Waals surface area contributed by atoms with E-state index in [9.17, 15) is 5.11 Å². The molecule has 0 aromatic heterocycles. The van der Waals surface area contributed by atoms with E-state index >= 15 is 0 Å². The highest BCUT2D eigenvalue weighted by Gasteiger charge is 2.44. The molecule has 0 saturated carbocycles. The molecular weight excluding hydrogens is 428 g/mol. The van der Waals surface area contributed by atoms with E-state index in [4.69, 9.17) is 13.9 Å². The predicted octanol–water partition coefficient (Wildman–Crippen LogP) is 7.78. The Balaban J connectivity index is 1.79. The van der Waals surface area contributed by atoms with E-state index in [1.54, 1.807) is 0 Å². The van der Waals surface area contributed by atoms with Gasteiger partial charge in [0, 0.05) is 0 Å². The zero-order valence-corrected chi connectivity index (χ0v) is 23.9. The molecule has 1 N–H and O–H groups in total. The first-order valence-electron chi connectivity index (χ1n) is 14.3. The molecule has 0 unspecified atom stereocenters. The lowest BCUT2D eigenvalue weighted by atomic mass is 10.0. The maximum Gasteiger partial charge on any atom is 0.192 e. The fourth-order valence-corrected chi connectivity index (χ4v) is 6.47. The topological polar surface area (TPSA) is 47.9 Å². The molecule has 0 spiro atoms. The van der Waals surface area contributed by atoms with Gasteiger partial charge in [0.15, 0.2) is 8.32 Å². The fourth-order valence-electron chi connectivity index (χ4n) is 5.09. The molecule has 0 aliphatic carbocycles. The molecule has 196 valence electrons. The van der Waals surface area contributed by atoms with Crippen LogP contribution in [0.15, 0.2) is 0 Å². The zero-order chi connectivity index (χ0) is 24.3. The number of unbranched alkanes of at least 4 members (excludes halogenated alkanes) is 9. The number of rotatable bonds is 16. The standard InChI is InChI=1S/C28H56O4Si/c1-7-8-9-10-11-12-13-14-15-16-17-27(32-33(5,6)28(2,3)4)26-21-20-25(31-26)24-19-18-23(22-29)30-24/h23-27,29H,7-22H2,1-6H3/t23-,24-,25-,26-,27-/m0/s1. The molecule has 2 fully saturated rings. The van der Waals surface area contributed by atoms with Crippen molar-refractivity contribution in [2.24, 2.45) is 0 Å². The van der Waals surface area contributed by atoms with Crippen LogP contribution in [-0.2, 0) is 13.9 Å². The second-order valence-electron chi connectivity index (χ2n) is 12.2. The lowest BCUT2D eigenvalue weighted by Gasteiger charge is -2.41. The molecule has 5 heteroatoms. The summed E-state index contributed by atoms with van der Waals surface area (Å²) >= 11 is 0. The Morgan fingerprint density at radius 3 is 1.91 bits per heavy atom. The average Bonchev–Trinajstić information content (AvgIpc) is 3.42. The highest BCUT2D eigenvalue weighted by atomic mass is 28.4. The minimum atomic E-state index is -1.85. The van der Waals surface area contributed by atoms with Crippen LogP contribution in [0.1, 0.15) is 124 Å². The molecule has 2 aliphatic heterocycles. The summed E-state index contributed by atoms with van der Waals surface area (Å²) in [5.74, 6) is 0. The largest absolute Gasteiger partial charge is 0.411 e. The summed E-state index contributed by atoms with van der Waals surface area (Å²) in [7, 11) is -1.85. The minimum absolute atomic E-state index is 0.00331. The second-order valence-corrected chi connectivity index (χ2v) is 17.0. The first kappa shape index (κ1) is 29.3. The molecule has 2 rings (SSSR count). The van der Waals surface area contributed by atoms with E-state index in [0.29, 0.717) is 0 Å². The summed E-state index contributed by atoms with van der Waals surface area (Å²) in [6.45, 7) is 14.1. The van der Waals surface area contributed by atoms with E-state index < -0.39 is 8.32 Å². The van der Waals surface area contributed by atoms with Crippen molar-refractivity contribution < 1.29 is 19.0 Å². The monoisotopic (exact) mass is 484 g/mol. The van der Waals surface area contributed by atoms with Crippen molar-refractivity contribution in [1.82, 2.24) is 0 Å². The lowest BCUT2D eigenvalue weighted by Crippen LogP contribution is -2.47. The van der Waals surface area contributed by atoms with Crippen molar-refractivity contribution in [3.05, 3.63) is 0 Å². The number of ether oxygens (including phenoxy) is 2. The molecule has 0 aromatic carbocycles. The first-order chi connectivity index (χ1) is 15.7. The third-order valence-electron chi connectivity index (χ3n) is 8.35. The number of hydrogen-bond donors (Lipinski definition) is 1. The smallest absolute Gasteiger partial charge is 0.192 e. The van der Waals surface area contributed by atoms with Gasteiger partial charge in [0.1, 0.15) is 0 Å². The lowest BCUT2D eigenvalue weighted by molar-refractivity contribution is -0.0958. The predicted molar refractivity (Wildman–Crippen MR) is 141 cm³/mol. The van der Waals surface area contributed by atoms with Gasteiger partial charge in [-0.2, -0.15) is 0 Å². The molecule has 4 nitrogen and oxygen atoms in total. The van der Waals surface area contributed by atoms with Gasteiger partial charge in [-0.05, 0) is 50.2 Å². The number of hydrogen-bond acceptors (Lipinski definition) is 4. The van der Waals surface area contributed by atoms with Gasteiger partial charge in [0.05, 0.1) is 37.1 Å². The first-order valence-corrected chi connectivity index (χ1v) is 17.2. The molecule has 33 heavy (non-hydrogen) atoms. The van der Waals surface area contributed by atoms with E-state index in [1.165, 1.54) is 64.2 Å². The van der Waals surface area contributed by atoms with Crippen LogP contribution in [0.5, 0.6) is 0 Å². The van der Waals surface area contributed by atoms with Gasteiger partial charge < -0.3 is 19.0 Å². The van der Waals surface area contributed by atoms with Crippen LogP contribution in [0.4, 0.5) is 0 Å². The van der Waals surface area contributed by atoms with Gasteiger partial charge in [0.2, 0.25) is 0 Å².